The first-order chi connectivity index (χ1) is 13.1. The topological polar surface area (TPSA) is 39.7 Å². The zero-order valence-electron chi connectivity index (χ0n) is 17.2. The predicted octanol–water partition coefficient (Wildman–Crippen LogP) is 4.15. The van der Waals surface area contributed by atoms with Crippen molar-refractivity contribution in [1.82, 2.24) is 15.5 Å². The summed E-state index contributed by atoms with van der Waals surface area (Å²) in [5.41, 5.74) is 4.28. The van der Waals surface area contributed by atoms with E-state index < -0.39 is 0 Å². The second-order valence-electron chi connectivity index (χ2n) is 7.75. The van der Waals surface area contributed by atoms with Crippen LogP contribution in [0.5, 0.6) is 0 Å². The Morgan fingerprint density at radius 1 is 0.964 bits per heavy atom. The lowest BCUT2D eigenvalue weighted by Crippen LogP contribution is -2.41. The van der Waals surface area contributed by atoms with Gasteiger partial charge in [0.25, 0.3) is 0 Å². The number of nitrogens with zero attached hydrogens (tertiary/aromatic N) is 2. The normalized spacial score (nSPS) is 15.1. The number of benzene rings is 2. The molecule has 0 radical (unpaired) electrons. The van der Waals surface area contributed by atoms with Gasteiger partial charge in [-0.3, -0.25) is 0 Å². The van der Waals surface area contributed by atoms with Gasteiger partial charge in [0, 0.05) is 25.0 Å². The van der Waals surface area contributed by atoms with Gasteiger partial charge in [0.1, 0.15) is 0 Å². The minimum atomic E-state index is 0. The molecule has 0 unspecified atom stereocenters. The molecule has 0 spiro atoms. The summed E-state index contributed by atoms with van der Waals surface area (Å²) >= 11 is 0. The van der Waals surface area contributed by atoms with Crippen molar-refractivity contribution in [3.8, 4) is 0 Å². The third-order valence-corrected chi connectivity index (χ3v) is 5.12. The maximum absolute atomic E-state index is 4.78. The lowest BCUT2D eigenvalue weighted by atomic mass is 9.96. The molecule has 2 aromatic rings. The van der Waals surface area contributed by atoms with Crippen molar-refractivity contribution in [2.45, 2.75) is 38.3 Å². The zero-order valence-corrected chi connectivity index (χ0v) is 19.6. The van der Waals surface area contributed by atoms with Crippen LogP contribution in [0.15, 0.2) is 59.6 Å². The van der Waals surface area contributed by atoms with E-state index in [0.717, 1.165) is 25.6 Å². The molecule has 1 saturated carbocycles. The molecular formula is C23H33IN4. The summed E-state index contributed by atoms with van der Waals surface area (Å²) < 4.78 is 0. The molecule has 0 amide bonds. The molecule has 4 nitrogen and oxygen atoms in total. The molecule has 2 aromatic carbocycles. The Labute approximate surface area is 186 Å². The number of halogens is 1. The number of guanidine groups is 1. The third kappa shape index (κ3) is 6.48. The maximum atomic E-state index is 4.78. The van der Waals surface area contributed by atoms with Crippen LogP contribution in [0.25, 0.3) is 0 Å². The molecule has 0 aromatic heterocycles. The summed E-state index contributed by atoms with van der Waals surface area (Å²) in [4.78, 5) is 6.96. The highest BCUT2D eigenvalue weighted by atomic mass is 127. The Morgan fingerprint density at radius 3 is 2.18 bits per heavy atom. The van der Waals surface area contributed by atoms with Crippen LogP contribution in [0.2, 0.25) is 0 Å². The van der Waals surface area contributed by atoms with Crippen LogP contribution in [0.3, 0.4) is 0 Å². The first-order valence-electron chi connectivity index (χ1n) is 9.91. The van der Waals surface area contributed by atoms with Gasteiger partial charge in [0.2, 0.25) is 0 Å². The molecule has 1 aliphatic rings. The number of rotatable bonds is 8. The minimum absolute atomic E-state index is 0. The predicted molar refractivity (Wildman–Crippen MR) is 129 cm³/mol. The second-order valence-corrected chi connectivity index (χ2v) is 7.75. The van der Waals surface area contributed by atoms with E-state index in [4.69, 9.17) is 4.99 Å². The quantitative estimate of drug-likeness (QED) is 0.331. The van der Waals surface area contributed by atoms with Crippen molar-refractivity contribution >= 4 is 29.9 Å². The average Bonchev–Trinajstić information content (AvgIpc) is 3.47. The largest absolute Gasteiger partial charge is 0.357 e. The number of hydrogen-bond donors (Lipinski definition) is 2. The maximum Gasteiger partial charge on any atom is 0.191 e. The highest BCUT2D eigenvalue weighted by Gasteiger charge is 2.43. The van der Waals surface area contributed by atoms with Crippen LogP contribution in [-0.2, 0) is 18.5 Å². The molecule has 28 heavy (non-hydrogen) atoms. The summed E-state index contributed by atoms with van der Waals surface area (Å²) in [5, 5.41) is 6.94. The summed E-state index contributed by atoms with van der Waals surface area (Å²) in [5.74, 6) is 0.900. The van der Waals surface area contributed by atoms with E-state index in [-0.39, 0.29) is 29.4 Å². The molecule has 0 heterocycles. The molecule has 0 saturated heterocycles. The van der Waals surface area contributed by atoms with E-state index in [0.29, 0.717) is 6.54 Å². The summed E-state index contributed by atoms with van der Waals surface area (Å²) in [6.45, 7) is 5.57. The third-order valence-electron chi connectivity index (χ3n) is 5.12. The van der Waals surface area contributed by atoms with E-state index in [1.54, 1.807) is 0 Å². The van der Waals surface area contributed by atoms with Gasteiger partial charge in [-0.2, -0.15) is 0 Å². The van der Waals surface area contributed by atoms with E-state index in [1.165, 1.54) is 29.5 Å². The van der Waals surface area contributed by atoms with Crippen LogP contribution in [0.4, 0.5) is 0 Å². The van der Waals surface area contributed by atoms with Crippen LogP contribution >= 0.6 is 24.0 Å². The van der Waals surface area contributed by atoms with Crippen molar-refractivity contribution in [3.63, 3.8) is 0 Å². The molecule has 0 aliphatic heterocycles. The fourth-order valence-electron chi connectivity index (χ4n) is 3.39. The molecule has 0 bridgehead atoms. The van der Waals surface area contributed by atoms with Crippen molar-refractivity contribution in [3.05, 3.63) is 71.3 Å². The Morgan fingerprint density at radius 2 is 1.61 bits per heavy atom. The van der Waals surface area contributed by atoms with Gasteiger partial charge < -0.3 is 15.5 Å². The molecule has 0 atom stereocenters. The lowest BCUT2D eigenvalue weighted by Gasteiger charge is -2.19. The molecule has 5 heteroatoms. The smallest absolute Gasteiger partial charge is 0.191 e. The molecule has 1 fully saturated rings. The standard InChI is InChI=1S/C23H32N4.HI/c1-4-24-22(25-16-19-10-12-20(13-11-19)17-27(2)3)26-18-23(14-15-23)21-8-6-5-7-9-21;/h5-13H,4,14-18H2,1-3H3,(H2,24,25,26);1H. The molecule has 1 aliphatic carbocycles. The van der Waals surface area contributed by atoms with Gasteiger partial charge in [-0.25, -0.2) is 4.99 Å². The highest BCUT2D eigenvalue weighted by Crippen LogP contribution is 2.47. The van der Waals surface area contributed by atoms with Gasteiger partial charge in [-0.05, 0) is 50.6 Å². The fourth-order valence-corrected chi connectivity index (χ4v) is 3.39. The van der Waals surface area contributed by atoms with Gasteiger partial charge in [0.05, 0.1) is 6.54 Å². The van der Waals surface area contributed by atoms with Gasteiger partial charge in [-0.15, -0.1) is 24.0 Å². The number of aliphatic imine (C=N–C) groups is 1. The first-order valence-corrected chi connectivity index (χ1v) is 9.91. The van der Waals surface area contributed by atoms with Crippen LogP contribution in [0.1, 0.15) is 36.5 Å². The summed E-state index contributed by atoms with van der Waals surface area (Å²) in [6, 6.07) is 19.6. The van der Waals surface area contributed by atoms with E-state index in [2.05, 4.69) is 91.1 Å². The van der Waals surface area contributed by atoms with Crippen molar-refractivity contribution in [1.29, 1.82) is 0 Å². The summed E-state index contributed by atoms with van der Waals surface area (Å²) in [6.07, 6.45) is 2.49. The Kier molecular flexibility index (Phi) is 8.76. The van der Waals surface area contributed by atoms with Gasteiger partial charge in [0.15, 0.2) is 5.96 Å². The number of hydrogen-bond acceptors (Lipinski definition) is 2. The van der Waals surface area contributed by atoms with Gasteiger partial charge in [-0.1, -0.05) is 54.6 Å². The Bertz CT molecular complexity index is 737. The van der Waals surface area contributed by atoms with Crippen molar-refractivity contribution < 1.29 is 0 Å². The molecule has 152 valence electrons. The summed E-state index contributed by atoms with van der Waals surface area (Å²) in [7, 11) is 4.18. The first kappa shape index (κ1) is 22.7. The Balaban J connectivity index is 0.00000280. The number of nitrogens with one attached hydrogen (secondary N) is 2. The van der Waals surface area contributed by atoms with Gasteiger partial charge >= 0.3 is 0 Å². The fraction of sp³-hybridized carbons (Fsp3) is 0.435. The highest BCUT2D eigenvalue weighted by molar-refractivity contribution is 14.0. The average molecular weight is 492 g/mol. The van der Waals surface area contributed by atoms with Crippen LogP contribution in [0, 0.1) is 0 Å². The van der Waals surface area contributed by atoms with E-state index in [1.807, 2.05) is 0 Å². The van der Waals surface area contributed by atoms with Crippen molar-refractivity contribution in [2.75, 3.05) is 27.2 Å². The van der Waals surface area contributed by atoms with Crippen LogP contribution in [-0.4, -0.2) is 38.0 Å². The zero-order chi connectivity index (χ0) is 19.1. The Hall–Kier alpha value is -1.60. The molecule has 3 rings (SSSR count). The molecular weight excluding hydrogens is 459 g/mol. The van der Waals surface area contributed by atoms with Crippen LogP contribution < -0.4 is 10.6 Å². The SMILES string of the molecule is CCNC(=NCc1ccc(CN(C)C)cc1)NCC1(c2ccccc2)CC1.I. The monoisotopic (exact) mass is 492 g/mol. The van der Waals surface area contributed by atoms with E-state index in [9.17, 15) is 0 Å². The second kappa shape index (κ2) is 10.8. The molecule has 2 N–H and O–H groups in total. The van der Waals surface area contributed by atoms with E-state index >= 15 is 0 Å². The van der Waals surface area contributed by atoms with Crippen molar-refractivity contribution in [2.24, 2.45) is 4.99 Å². The lowest BCUT2D eigenvalue weighted by molar-refractivity contribution is 0.402. The minimum Gasteiger partial charge on any atom is -0.357 e.